The molecule has 1 fully saturated rings. The summed E-state index contributed by atoms with van der Waals surface area (Å²) in [7, 11) is 0. The summed E-state index contributed by atoms with van der Waals surface area (Å²) >= 11 is 3.15. The van der Waals surface area contributed by atoms with Gasteiger partial charge in [-0.15, -0.1) is 0 Å². The molecule has 0 aliphatic carbocycles. The van der Waals surface area contributed by atoms with E-state index in [-0.39, 0.29) is 24.1 Å². The molecule has 2 atom stereocenters. The molecule has 1 aliphatic rings. The van der Waals surface area contributed by atoms with E-state index in [0.717, 1.165) is 0 Å². The summed E-state index contributed by atoms with van der Waals surface area (Å²) in [6.45, 7) is 2.32. The molecule has 4 N–H and O–H groups in total. The minimum absolute atomic E-state index is 0.0833. The Balaban J connectivity index is 2.20. The van der Waals surface area contributed by atoms with Crippen LogP contribution in [0.15, 0.2) is 22.7 Å². The zero-order valence-electron chi connectivity index (χ0n) is 10.9. The van der Waals surface area contributed by atoms with Crippen molar-refractivity contribution in [2.45, 2.75) is 13.0 Å². The van der Waals surface area contributed by atoms with E-state index in [0.29, 0.717) is 16.8 Å². The fourth-order valence-corrected chi connectivity index (χ4v) is 2.38. The van der Waals surface area contributed by atoms with E-state index in [2.05, 4.69) is 21.2 Å². The molecular weight excluding hydrogens is 328 g/mol. The molecule has 0 bridgehead atoms. The molecule has 2 unspecified atom stereocenters. The lowest BCUT2D eigenvalue weighted by atomic mass is 9.85. The quantitative estimate of drug-likeness (QED) is 0.771. The molecule has 7 heteroatoms. The molecular formula is C13H15BrN2O4. The second kappa shape index (κ2) is 5.51. The molecule has 0 radical (unpaired) electrons. The molecule has 1 heterocycles. The lowest BCUT2D eigenvalue weighted by Crippen LogP contribution is -2.47. The monoisotopic (exact) mass is 342 g/mol. The van der Waals surface area contributed by atoms with Gasteiger partial charge in [-0.2, -0.15) is 0 Å². The first-order valence-electron chi connectivity index (χ1n) is 6.02. The van der Waals surface area contributed by atoms with Gasteiger partial charge in [0, 0.05) is 16.2 Å². The fraction of sp³-hybridized carbons (Fsp3) is 0.385. The Bertz CT molecular complexity index is 563. The second-order valence-electron chi connectivity index (χ2n) is 4.99. The Morgan fingerprint density at radius 1 is 1.55 bits per heavy atom. The number of nitrogens with two attached hydrogens (primary N) is 1. The predicted molar refractivity (Wildman–Crippen MR) is 76.6 cm³/mol. The number of hydrogen-bond acceptors (Lipinski definition) is 4. The topological polar surface area (TPSA) is 102 Å². The van der Waals surface area contributed by atoms with E-state index in [1.807, 2.05) is 0 Å². The Labute approximate surface area is 124 Å². The second-order valence-corrected chi connectivity index (χ2v) is 5.85. The van der Waals surface area contributed by atoms with Crippen LogP contribution >= 0.6 is 15.9 Å². The molecule has 1 aromatic carbocycles. The van der Waals surface area contributed by atoms with Crippen molar-refractivity contribution in [3.63, 3.8) is 0 Å². The van der Waals surface area contributed by atoms with Crippen LogP contribution in [0.25, 0.3) is 0 Å². The van der Waals surface area contributed by atoms with Gasteiger partial charge in [-0.05, 0) is 41.1 Å². The number of ether oxygens (including phenoxy) is 1. The van der Waals surface area contributed by atoms with Gasteiger partial charge in [-0.25, -0.2) is 4.79 Å². The van der Waals surface area contributed by atoms with Gasteiger partial charge in [-0.3, -0.25) is 4.79 Å². The van der Waals surface area contributed by atoms with Crippen LogP contribution in [0.1, 0.15) is 17.3 Å². The van der Waals surface area contributed by atoms with Crippen LogP contribution < -0.4 is 11.1 Å². The maximum absolute atomic E-state index is 12.3. The van der Waals surface area contributed by atoms with Crippen LogP contribution in [0.2, 0.25) is 0 Å². The van der Waals surface area contributed by atoms with Gasteiger partial charge in [0.15, 0.2) is 0 Å². The maximum Gasteiger partial charge on any atom is 0.336 e. The largest absolute Gasteiger partial charge is 0.478 e. The molecule has 1 amide bonds. The van der Waals surface area contributed by atoms with Crippen molar-refractivity contribution in [3.8, 4) is 0 Å². The molecule has 20 heavy (non-hydrogen) atoms. The van der Waals surface area contributed by atoms with E-state index in [4.69, 9.17) is 15.6 Å². The van der Waals surface area contributed by atoms with Crippen LogP contribution in [0.4, 0.5) is 5.69 Å². The molecule has 1 aliphatic heterocycles. The lowest BCUT2D eigenvalue weighted by Gasteiger charge is -2.25. The van der Waals surface area contributed by atoms with Crippen LogP contribution in [-0.4, -0.2) is 36.2 Å². The first-order chi connectivity index (χ1) is 9.34. The van der Waals surface area contributed by atoms with Gasteiger partial charge in [0.05, 0.1) is 24.2 Å². The number of rotatable bonds is 3. The van der Waals surface area contributed by atoms with E-state index < -0.39 is 11.4 Å². The van der Waals surface area contributed by atoms with Crippen molar-refractivity contribution >= 4 is 33.5 Å². The number of anilines is 1. The first-order valence-corrected chi connectivity index (χ1v) is 6.81. The molecule has 108 valence electrons. The number of benzene rings is 1. The van der Waals surface area contributed by atoms with E-state index in [1.165, 1.54) is 6.07 Å². The SMILES string of the molecule is CC1(C(=O)Nc2ccc(Br)c(C(=O)O)c2)COCC1N. The van der Waals surface area contributed by atoms with Crippen LogP contribution in [0, 0.1) is 5.41 Å². The number of amides is 1. The highest BCUT2D eigenvalue weighted by Crippen LogP contribution is 2.29. The van der Waals surface area contributed by atoms with Crippen molar-refractivity contribution in [1.29, 1.82) is 0 Å². The Morgan fingerprint density at radius 3 is 2.80 bits per heavy atom. The van der Waals surface area contributed by atoms with Gasteiger partial charge in [-0.1, -0.05) is 0 Å². The third kappa shape index (κ3) is 2.70. The third-order valence-electron chi connectivity index (χ3n) is 3.49. The number of halogens is 1. The molecule has 1 aromatic rings. The summed E-state index contributed by atoms with van der Waals surface area (Å²) in [5.74, 6) is -1.35. The highest BCUT2D eigenvalue weighted by Gasteiger charge is 2.44. The number of hydrogen-bond donors (Lipinski definition) is 3. The summed E-state index contributed by atoms with van der Waals surface area (Å²) in [6.07, 6.45) is 0. The molecule has 1 saturated heterocycles. The molecule has 2 rings (SSSR count). The maximum atomic E-state index is 12.3. The van der Waals surface area contributed by atoms with Crippen molar-refractivity contribution in [3.05, 3.63) is 28.2 Å². The molecule has 6 nitrogen and oxygen atoms in total. The van der Waals surface area contributed by atoms with Crippen LogP contribution in [-0.2, 0) is 9.53 Å². The van der Waals surface area contributed by atoms with Crippen LogP contribution in [0.3, 0.4) is 0 Å². The highest BCUT2D eigenvalue weighted by atomic mass is 79.9. The summed E-state index contributed by atoms with van der Waals surface area (Å²) < 4.78 is 5.68. The van der Waals surface area contributed by atoms with Crippen molar-refractivity contribution in [2.75, 3.05) is 18.5 Å². The number of aromatic carboxylic acids is 1. The third-order valence-corrected chi connectivity index (χ3v) is 4.18. The molecule has 0 spiro atoms. The summed E-state index contributed by atoms with van der Waals surface area (Å²) in [5, 5.41) is 11.7. The number of carboxylic acids is 1. The Kier molecular flexibility index (Phi) is 4.12. The zero-order valence-corrected chi connectivity index (χ0v) is 12.4. The number of carboxylic acid groups (broad SMARTS) is 1. The minimum Gasteiger partial charge on any atom is -0.478 e. The average molecular weight is 343 g/mol. The van der Waals surface area contributed by atoms with Crippen molar-refractivity contribution < 1.29 is 19.4 Å². The summed E-state index contributed by atoms with van der Waals surface area (Å²) in [4.78, 5) is 23.3. The number of nitrogens with one attached hydrogen (secondary N) is 1. The van der Waals surface area contributed by atoms with Crippen molar-refractivity contribution in [2.24, 2.45) is 11.1 Å². The first kappa shape index (κ1) is 15.0. The smallest absolute Gasteiger partial charge is 0.336 e. The normalized spacial score (nSPS) is 25.4. The average Bonchev–Trinajstić information content (AvgIpc) is 2.73. The Hall–Kier alpha value is -1.44. The minimum atomic E-state index is -1.07. The lowest BCUT2D eigenvalue weighted by molar-refractivity contribution is -0.125. The standard InChI is InChI=1S/C13H15BrN2O4/c1-13(6-20-5-10(13)15)12(19)16-7-2-3-9(14)8(4-7)11(17)18/h2-4,10H,5-6,15H2,1H3,(H,16,19)(H,17,18). The van der Waals surface area contributed by atoms with Gasteiger partial charge < -0.3 is 20.9 Å². The Morgan fingerprint density at radius 2 is 2.25 bits per heavy atom. The summed E-state index contributed by atoms with van der Waals surface area (Å²) in [6, 6.07) is 4.22. The van der Waals surface area contributed by atoms with Crippen molar-refractivity contribution in [1.82, 2.24) is 0 Å². The van der Waals surface area contributed by atoms with E-state index in [9.17, 15) is 9.59 Å². The predicted octanol–water partition coefficient (Wildman–Crippen LogP) is 1.45. The van der Waals surface area contributed by atoms with Gasteiger partial charge in [0.2, 0.25) is 5.91 Å². The fourth-order valence-electron chi connectivity index (χ4n) is 1.96. The van der Waals surface area contributed by atoms with E-state index >= 15 is 0 Å². The number of carbonyl (C=O) groups is 2. The van der Waals surface area contributed by atoms with Gasteiger partial charge >= 0.3 is 5.97 Å². The highest BCUT2D eigenvalue weighted by molar-refractivity contribution is 9.10. The molecule has 0 aromatic heterocycles. The number of carbonyl (C=O) groups excluding carboxylic acids is 1. The summed E-state index contributed by atoms with van der Waals surface area (Å²) in [5.41, 5.74) is 5.57. The van der Waals surface area contributed by atoms with Crippen LogP contribution in [0.5, 0.6) is 0 Å². The van der Waals surface area contributed by atoms with Gasteiger partial charge in [0.1, 0.15) is 0 Å². The van der Waals surface area contributed by atoms with E-state index in [1.54, 1.807) is 19.1 Å². The zero-order chi connectivity index (χ0) is 14.9. The molecule has 0 saturated carbocycles. The van der Waals surface area contributed by atoms with Gasteiger partial charge in [0.25, 0.3) is 0 Å².